The van der Waals surface area contributed by atoms with Crippen LogP contribution in [-0.2, 0) is 0 Å². The van der Waals surface area contributed by atoms with E-state index in [1.165, 1.54) is 18.3 Å². The molecule has 2 aromatic heterocycles. The molecule has 92 valence electrons. The number of furan rings is 1. The van der Waals surface area contributed by atoms with Crippen molar-refractivity contribution < 1.29 is 14.0 Å². The van der Waals surface area contributed by atoms with Gasteiger partial charge >= 0.3 is 5.91 Å². The number of nitrogens with zero attached hydrogens (tertiary/aromatic N) is 1. The van der Waals surface area contributed by atoms with Gasteiger partial charge in [0.15, 0.2) is 11.0 Å². The van der Waals surface area contributed by atoms with Crippen molar-refractivity contribution in [3.63, 3.8) is 0 Å². The van der Waals surface area contributed by atoms with Crippen molar-refractivity contribution in [1.82, 2.24) is 15.8 Å². The Morgan fingerprint density at radius 3 is 2.56 bits per heavy atom. The van der Waals surface area contributed by atoms with E-state index in [4.69, 9.17) is 16.0 Å². The molecule has 0 saturated heterocycles. The zero-order valence-electron chi connectivity index (χ0n) is 9.01. The number of halogens is 1. The maximum absolute atomic E-state index is 11.6. The molecule has 0 radical (unpaired) electrons. The Hall–Kier alpha value is -2.34. The van der Waals surface area contributed by atoms with Gasteiger partial charge < -0.3 is 4.42 Å². The van der Waals surface area contributed by atoms with Crippen molar-refractivity contribution in [3.8, 4) is 0 Å². The molecule has 0 atom stereocenters. The summed E-state index contributed by atoms with van der Waals surface area (Å²) >= 11 is 5.52. The number of rotatable bonds is 2. The van der Waals surface area contributed by atoms with Gasteiger partial charge in [0.25, 0.3) is 5.91 Å². The molecule has 7 heteroatoms. The van der Waals surface area contributed by atoms with Gasteiger partial charge in [-0.3, -0.25) is 25.4 Å². The predicted octanol–water partition coefficient (Wildman–Crippen LogP) is 1.40. The Bertz CT molecular complexity index is 568. The predicted molar refractivity (Wildman–Crippen MR) is 62.9 cm³/mol. The van der Waals surface area contributed by atoms with Crippen molar-refractivity contribution in [2.75, 3.05) is 0 Å². The number of carbonyl (C=O) groups is 2. The van der Waals surface area contributed by atoms with E-state index in [0.717, 1.165) is 0 Å². The largest absolute Gasteiger partial charge is 0.439 e. The number of hydrogen-bond donors (Lipinski definition) is 2. The molecule has 2 heterocycles. The molecule has 0 bridgehead atoms. The van der Waals surface area contributed by atoms with Crippen LogP contribution in [0.3, 0.4) is 0 Å². The molecule has 0 aliphatic heterocycles. The monoisotopic (exact) mass is 265 g/mol. The lowest BCUT2D eigenvalue weighted by Crippen LogP contribution is -2.41. The molecule has 0 aliphatic carbocycles. The molecule has 2 N–H and O–H groups in total. The molecule has 0 fully saturated rings. The standard InChI is InChI=1S/C11H8ClN3O3/c12-9-4-3-8(18-9)11(17)15-14-10(16)7-2-1-5-13-6-7/h1-6H,(H,14,16)(H,15,17). The second-order valence-electron chi connectivity index (χ2n) is 3.25. The Kier molecular flexibility index (Phi) is 3.59. The molecule has 6 nitrogen and oxygen atoms in total. The van der Waals surface area contributed by atoms with Gasteiger partial charge in [0, 0.05) is 12.4 Å². The van der Waals surface area contributed by atoms with Crippen molar-refractivity contribution >= 4 is 23.4 Å². The minimum absolute atomic E-state index is 0.00601. The second kappa shape index (κ2) is 5.33. The van der Waals surface area contributed by atoms with E-state index in [-0.39, 0.29) is 11.0 Å². The van der Waals surface area contributed by atoms with Gasteiger partial charge in [-0.25, -0.2) is 0 Å². The zero-order chi connectivity index (χ0) is 13.0. The fraction of sp³-hybridized carbons (Fsp3) is 0. The summed E-state index contributed by atoms with van der Waals surface area (Å²) in [6.45, 7) is 0. The maximum atomic E-state index is 11.6. The first kappa shape index (κ1) is 12.1. The molecule has 2 rings (SSSR count). The van der Waals surface area contributed by atoms with Gasteiger partial charge in [-0.2, -0.15) is 0 Å². The summed E-state index contributed by atoms with van der Waals surface area (Å²) in [5.41, 5.74) is 4.75. The Morgan fingerprint density at radius 1 is 1.17 bits per heavy atom. The highest BCUT2D eigenvalue weighted by molar-refractivity contribution is 6.29. The summed E-state index contributed by atoms with van der Waals surface area (Å²) < 4.78 is 4.87. The summed E-state index contributed by atoms with van der Waals surface area (Å²) in [7, 11) is 0. The van der Waals surface area contributed by atoms with Gasteiger partial charge in [0.05, 0.1) is 5.56 Å². The number of hydrazine groups is 1. The van der Waals surface area contributed by atoms with Crippen LogP contribution < -0.4 is 10.9 Å². The third kappa shape index (κ3) is 2.86. The molecular weight excluding hydrogens is 258 g/mol. The first-order valence-corrected chi connectivity index (χ1v) is 5.30. The molecule has 2 aromatic rings. The van der Waals surface area contributed by atoms with Gasteiger partial charge in [0.2, 0.25) is 0 Å². The van der Waals surface area contributed by atoms with Crippen LogP contribution in [0.2, 0.25) is 5.22 Å². The number of hydrogen-bond acceptors (Lipinski definition) is 4. The Balaban J connectivity index is 1.92. The topological polar surface area (TPSA) is 84.2 Å². The summed E-state index contributed by atoms with van der Waals surface area (Å²) in [4.78, 5) is 26.8. The molecule has 0 aromatic carbocycles. The third-order valence-corrected chi connectivity index (χ3v) is 2.21. The SMILES string of the molecule is O=C(NNC(=O)c1ccc(Cl)o1)c1cccnc1. The molecule has 0 saturated carbocycles. The molecular formula is C11H8ClN3O3. The lowest BCUT2D eigenvalue weighted by Gasteiger charge is -2.05. The van der Waals surface area contributed by atoms with Crippen molar-refractivity contribution in [1.29, 1.82) is 0 Å². The van der Waals surface area contributed by atoms with Crippen LogP contribution in [0.1, 0.15) is 20.9 Å². The summed E-state index contributed by atoms with van der Waals surface area (Å²) in [5, 5.41) is 0.0961. The lowest BCUT2D eigenvalue weighted by atomic mass is 10.3. The van der Waals surface area contributed by atoms with Gasteiger partial charge in [-0.05, 0) is 35.9 Å². The van der Waals surface area contributed by atoms with Crippen molar-refractivity contribution in [3.05, 3.63) is 53.2 Å². The lowest BCUT2D eigenvalue weighted by molar-refractivity contribution is 0.0831. The second-order valence-corrected chi connectivity index (χ2v) is 3.63. The van der Waals surface area contributed by atoms with Crippen LogP contribution in [0, 0.1) is 0 Å². The Labute approximate surface area is 107 Å². The highest BCUT2D eigenvalue weighted by Crippen LogP contribution is 2.12. The summed E-state index contributed by atoms with van der Waals surface area (Å²) in [6.07, 6.45) is 2.92. The third-order valence-electron chi connectivity index (χ3n) is 2.01. The maximum Gasteiger partial charge on any atom is 0.305 e. The van der Waals surface area contributed by atoms with Crippen LogP contribution >= 0.6 is 11.6 Å². The summed E-state index contributed by atoms with van der Waals surface area (Å²) in [6, 6.07) is 6.01. The number of amides is 2. The highest BCUT2D eigenvalue weighted by atomic mass is 35.5. The van der Waals surface area contributed by atoms with E-state index in [1.807, 2.05) is 0 Å². The number of pyridine rings is 1. The van der Waals surface area contributed by atoms with Gasteiger partial charge in [-0.15, -0.1) is 0 Å². The van der Waals surface area contributed by atoms with Crippen molar-refractivity contribution in [2.45, 2.75) is 0 Å². The summed E-state index contributed by atoms with van der Waals surface area (Å²) in [5.74, 6) is -1.07. The minimum Gasteiger partial charge on any atom is -0.439 e. The van der Waals surface area contributed by atoms with Crippen LogP contribution in [0.5, 0.6) is 0 Å². The minimum atomic E-state index is -0.598. The van der Waals surface area contributed by atoms with E-state index in [2.05, 4.69) is 15.8 Å². The van der Waals surface area contributed by atoms with Gasteiger partial charge in [-0.1, -0.05) is 0 Å². The molecule has 0 aliphatic rings. The number of nitrogens with one attached hydrogen (secondary N) is 2. The first-order valence-electron chi connectivity index (χ1n) is 4.93. The van der Waals surface area contributed by atoms with Crippen LogP contribution in [0.15, 0.2) is 41.1 Å². The van der Waals surface area contributed by atoms with E-state index in [1.54, 1.807) is 18.3 Å². The Morgan fingerprint density at radius 2 is 1.94 bits per heavy atom. The van der Waals surface area contributed by atoms with E-state index in [0.29, 0.717) is 5.56 Å². The fourth-order valence-corrected chi connectivity index (χ4v) is 1.33. The average Bonchev–Trinajstić information content (AvgIpc) is 2.83. The number of carbonyl (C=O) groups excluding carboxylic acids is 2. The normalized spacial score (nSPS) is 9.83. The first-order chi connectivity index (χ1) is 8.66. The van der Waals surface area contributed by atoms with Crippen LogP contribution in [0.4, 0.5) is 0 Å². The smallest absolute Gasteiger partial charge is 0.305 e. The van der Waals surface area contributed by atoms with E-state index >= 15 is 0 Å². The van der Waals surface area contributed by atoms with Crippen molar-refractivity contribution in [2.24, 2.45) is 0 Å². The average molecular weight is 266 g/mol. The number of aromatic nitrogens is 1. The van der Waals surface area contributed by atoms with E-state index in [9.17, 15) is 9.59 Å². The molecule has 0 unspecified atom stereocenters. The molecule has 0 spiro atoms. The van der Waals surface area contributed by atoms with Crippen LogP contribution in [0.25, 0.3) is 0 Å². The zero-order valence-corrected chi connectivity index (χ0v) is 9.77. The van der Waals surface area contributed by atoms with Crippen LogP contribution in [-0.4, -0.2) is 16.8 Å². The molecule has 2 amide bonds. The highest BCUT2D eigenvalue weighted by Gasteiger charge is 2.12. The van der Waals surface area contributed by atoms with Gasteiger partial charge in [0.1, 0.15) is 0 Å². The fourth-order valence-electron chi connectivity index (χ4n) is 1.18. The molecule has 18 heavy (non-hydrogen) atoms. The quantitative estimate of drug-likeness (QED) is 0.804. The van der Waals surface area contributed by atoms with E-state index < -0.39 is 11.8 Å².